The minimum atomic E-state index is 0.312. The monoisotopic (exact) mass is 257 g/mol. The Hall–Kier alpha value is -2.17. The van der Waals surface area contributed by atoms with E-state index in [2.05, 4.69) is 33.3 Å². The smallest absolute Gasteiger partial charge is 0.221 e. The molecule has 0 saturated carbocycles. The first kappa shape index (κ1) is 13.3. The third-order valence-corrected chi connectivity index (χ3v) is 2.92. The number of nitrogen functional groups attached to an aromatic ring is 1. The SMILES string of the molecule is CCc1cnc(N)nc1NCCCc1cccnc1. The van der Waals surface area contributed by atoms with Gasteiger partial charge >= 0.3 is 0 Å². The van der Waals surface area contributed by atoms with Crippen LogP contribution in [0.2, 0.25) is 0 Å². The molecule has 0 aromatic carbocycles. The number of aryl methyl sites for hydroxylation is 2. The molecule has 2 heterocycles. The number of hydrogen-bond donors (Lipinski definition) is 2. The maximum Gasteiger partial charge on any atom is 0.221 e. The van der Waals surface area contributed by atoms with Crippen molar-refractivity contribution in [2.24, 2.45) is 0 Å². The molecule has 0 saturated heterocycles. The first-order chi connectivity index (χ1) is 9.29. The average molecular weight is 257 g/mol. The summed E-state index contributed by atoms with van der Waals surface area (Å²) in [5, 5.41) is 3.32. The highest BCUT2D eigenvalue weighted by molar-refractivity contribution is 5.45. The van der Waals surface area contributed by atoms with E-state index in [0.717, 1.165) is 37.2 Å². The number of nitrogens with two attached hydrogens (primary N) is 1. The van der Waals surface area contributed by atoms with Crippen LogP contribution in [0.4, 0.5) is 11.8 Å². The Balaban J connectivity index is 1.84. The third-order valence-electron chi connectivity index (χ3n) is 2.92. The zero-order valence-electron chi connectivity index (χ0n) is 11.1. The van der Waals surface area contributed by atoms with Gasteiger partial charge in [0.15, 0.2) is 0 Å². The van der Waals surface area contributed by atoms with Gasteiger partial charge in [-0.25, -0.2) is 4.98 Å². The number of nitrogens with one attached hydrogen (secondary N) is 1. The Kier molecular flexibility index (Phi) is 4.66. The zero-order valence-corrected chi connectivity index (χ0v) is 11.1. The summed E-state index contributed by atoms with van der Waals surface area (Å²) < 4.78 is 0. The molecule has 0 amide bonds. The molecule has 5 heteroatoms. The maximum atomic E-state index is 5.61. The van der Waals surface area contributed by atoms with Crippen molar-refractivity contribution >= 4 is 11.8 Å². The quantitative estimate of drug-likeness (QED) is 0.775. The van der Waals surface area contributed by atoms with Gasteiger partial charge in [-0.3, -0.25) is 4.98 Å². The summed E-state index contributed by atoms with van der Waals surface area (Å²) in [4.78, 5) is 12.3. The van der Waals surface area contributed by atoms with Gasteiger partial charge in [-0.2, -0.15) is 4.98 Å². The van der Waals surface area contributed by atoms with Gasteiger partial charge in [-0.05, 0) is 30.9 Å². The van der Waals surface area contributed by atoms with Crippen molar-refractivity contribution < 1.29 is 0 Å². The Morgan fingerprint density at radius 3 is 2.95 bits per heavy atom. The normalized spacial score (nSPS) is 10.4. The summed E-state index contributed by atoms with van der Waals surface area (Å²) in [7, 11) is 0. The number of nitrogens with zero attached hydrogens (tertiary/aromatic N) is 3. The second kappa shape index (κ2) is 6.68. The molecule has 5 nitrogen and oxygen atoms in total. The molecule has 2 aromatic rings. The standard InChI is InChI=1S/C14H19N5/c1-2-12-10-18-14(15)19-13(12)17-8-4-6-11-5-3-7-16-9-11/h3,5,7,9-10H,2,4,6,8H2,1H3,(H3,15,17,18,19). The van der Waals surface area contributed by atoms with Gasteiger partial charge < -0.3 is 11.1 Å². The predicted octanol–water partition coefficient (Wildman–Crippen LogP) is 2.06. The number of rotatable bonds is 6. The lowest BCUT2D eigenvalue weighted by Crippen LogP contribution is -2.09. The van der Waals surface area contributed by atoms with E-state index in [9.17, 15) is 0 Å². The summed E-state index contributed by atoms with van der Waals surface area (Å²) in [6, 6.07) is 4.05. The molecule has 2 rings (SSSR count). The molecule has 100 valence electrons. The molecule has 0 bridgehead atoms. The number of pyridine rings is 1. The fraction of sp³-hybridized carbons (Fsp3) is 0.357. The molecule has 3 N–H and O–H groups in total. The molecule has 0 atom stereocenters. The fourth-order valence-corrected chi connectivity index (χ4v) is 1.88. The van der Waals surface area contributed by atoms with E-state index in [1.54, 1.807) is 12.4 Å². The van der Waals surface area contributed by atoms with Crippen LogP contribution in [0.1, 0.15) is 24.5 Å². The highest BCUT2D eigenvalue weighted by Gasteiger charge is 2.03. The van der Waals surface area contributed by atoms with Gasteiger partial charge in [-0.15, -0.1) is 0 Å². The van der Waals surface area contributed by atoms with E-state index in [1.165, 1.54) is 5.56 Å². The number of aromatic nitrogens is 3. The van der Waals surface area contributed by atoms with Gasteiger partial charge in [0.2, 0.25) is 5.95 Å². The topological polar surface area (TPSA) is 76.7 Å². The first-order valence-corrected chi connectivity index (χ1v) is 6.53. The molecular formula is C14H19N5. The third kappa shape index (κ3) is 3.91. The van der Waals surface area contributed by atoms with Crippen molar-refractivity contribution in [1.29, 1.82) is 0 Å². The molecule has 0 aliphatic heterocycles. The van der Waals surface area contributed by atoms with Gasteiger partial charge in [0, 0.05) is 30.7 Å². The Morgan fingerprint density at radius 2 is 2.21 bits per heavy atom. The van der Waals surface area contributed by atoms with Crippen LogP contribution < -0.4 is 11.1 Å². The zero-order chi connectivity index (χ0) is 13.5. The van der Waals surface area contributed by atoms with Crippen LogP contribution in [0.15, 0.2) is 30.7 Å². The molecule has 0 spiro atoms. The second-order valence-electron chi connectivity index (χ2n) is 4.35. The van der Waals surface area contributed by atoms with Crippen LogP contribution in [0.3, 0.4) is 0 Å². The lowest BCUT2D eigenvalue weighted by atomic mass is 10.1. The van der Waals surface area contributed by atoms with Crippen molar-refractivity contribution in [1.82, 2.24) is 15.0 Å². The molecule has 0 aliphatic rings. The van der Waals surface area contributed by atoms with E-state index >= 15 is 0 Å². The average Bonchev–Trinajstić information content (AvgIpc) is 2.45. The van der Waals surface area contributed by atoms with Crippen LogP contribution in [0, 0.1) is 0 Å². The number of hydrogen-bond acceptors (Lipinski definition) is 5. The summed E-state index contributed by atoms with van der Waals surface area (Å²) >= 11 is 0. The molecule has 0 fully saturated rings. The van der Waals surface area contributed by atoms with Crippen molar-refractivity contribution in [3.63, 3.8) is 0 Å². The molecule has 0 aliphatic carbocycles. The summed E-state index contributed by atoms with van der Waals surface area (Å²) in [5.74, 6) is 1.16. The van der Waals surface area contributed by atoms with Gasteiger partial charge in [0.05, 0.1) is 0 Å². The van der Waals surface area contributed by atoms with E-state index in [1.807, 2.05) is 12.3 Å². The summed E-state index contributed by atoms with van der Waals surface area (Å²) in [5.41, 5.74) is 7.95. The highest BCUT2D eigenvalue weighted by Crippen LogP contribution is 2.13. The van der Waals surface area contributed by atoms with E-state index in [0.29, 0.717) is 5.95 Å². The van der Waals surface area contributed by atoms with Crippen molar-refractivity contribution in [3.8, 4) is 0 Å². The van der Waals surface area contributed by atoms with E-state index in [-0.39, 0.29) is 0 Å². The fourth-order valence-electron chi connectivity index (χ4n) is 1.88. The van der Waals surface area contributed by atoms with Crippen LogP contribution in [0.5, 0.6) is 0 Å². The van der Waals surface area contributed by atoms with Gasteiger partial charge in [-0.1, -0.05) is 13.0 Å². The van der Waals surface area contributed by atoms with E-state index in [4.69, 9.17) is 5.73 Å². The molecular weight excluding hydrogens is 238 g/mol. The van der Waals surface area contributed by atoms with Crippen LogP contribution in [-0.2, 0) is 12.8 Å². The predicted molar refractivity (Wildman–Crippen MR) is 76.9 cm³/mol. The van der Waals surface area contributed by atoms with Crippen LogP contribution in [0.25, 0.3) is 0 Å². The lowest BCUT2D eigenvalue weighted by molar-refractivity contribution is 0.850. The summed E-state index contributed by atoms with van der Waals surface area (Å²) in [6.45, 7) is 2.94. The minimum absolute atomic E-state index is 0.312. The van der Waals surface area contributed by atoms with Crippen molar-refractivity contribution in [2.75, 3.05) is 17.6 Å². The maximum absolute atomic E-state index is 5.61. The largest absolute Gasteiger partial charge is 0.370 e. The minimum Gasteiger partial charge on any atom is -0.370 e. The number of anilines is 2. The van der Waals surface area contributed by atoms with E-state index < -0.39 is 0 Å². The molecule has 19 heavy (non-hydrogen) atoms. The summed E-state index contributed by atoms with van der Waals surface area (Å²) in [6.07, 6.45) is 8.40. The van der Waals surface area contributed by atoms with Crippen LogP contribution >= 0.6 is 0 Å². The van der Waals surface area contributed by atoms with Gasteiger partial charge in [0.1, 0.15) is 5.82 Å². The van der Waals surface area contributed by atoms with Crippen molar-refractivity contribution in [2.45, 2.75) is 26.2 Å². The lowest BCUT2D eigenvalue weighted by Gasteiger charge is -2.09. The Bertz CT molecular complexity index is 512. The first-order valence-electron chi connectivity index (χ1n) is 6.53. The Morgan fingerprint density at radius 1 is 1.32 bits per heavy atom. The molecule has 0 radical (unpaired) electrons. The second-order valence-corrected chi connectivity index (χ2v) is 4.35. The van der Waals surface area contributed by atoms with Crippen LogP contribution in [-0.4, -0.2) is 21.5 Å². The molecule has 2 aromatic heterocycles. The van der Waals surface area contributed by atoms with Gasteiger partial charge in [0.25, 0.3) is 0 Å². The molecule has 0 unspecified atom stereocenters. The highest BCUT2D eigenvalue weighted by atomic mass is 15.1. The Labute approximate surface area is 113 Å². The van der Waals surface area contributed by atoms with Crippen molar-refractivity contribution in [3.05, 3.63) is 41.9 Å².